The van der Waals surface area contributed by atoms with Crippen molar-refractivity contribution in [1.82, 2.24) is 24.9 Å². The molecule has 1 aromatic heterocycles. The molecule has 0 spiro atoms. The highest BCUT2D eigenvalue weighted by Crippen LogP contribution is 2.30. The average Bonchev–Trinajstić information content (AvgIpc) is 3.55. The largest absolute Gasteiger partial charge is 0.492 e. The maximum atomic E-state index is 12.3. The summed E-state index contributed by atoms with van der Waals surface area (Å²) in [7, 11) is 0. The van der Waals surface area contributed by atoms with Gasteiger partial charge in [0.2, 0.25) is 11.8 Å². The Labute approximate surface area is 223 Å². The Kier molecular flexibility index (Phi) is 7.25. The number of nitrogens with one attached hydrogen (secondary N) is 1. The summed E-state index contributed by atoms with van der Waals surface area (Å²) < 4.78 is 8.35. The maximum absolute atomic E-state index is 12.3. The molecule has 6 rings (SSSR count). The summed E-state index contributed by atoms with van der Waals surface area (Å²) in [6.45, 7) is 4.84. The van der Waals surface area contributed by atoms with E-state index in [0.717, 1.165) is 38.3 Å². The van der Waals surface area contributed by atoms with E-state index >= 15 is 0 Å². The van der Waals surface area contributed by atoms with E-state index in [1.807, 2.05) is 23.0 Å². The zero-order chi connectivity index (χ0) is 25.9. The number of hydrogen-bond acceptors (Lipinski definition) is 6. The first-order valence-electron chi connectivity index (χ1n) is 13.7. The van der Waals surface area contributed by atoms with Crippen LogP contribution in [0.3, 0.4) is 0 Å². The number of carbonyl (C=O) groups excluding carboxylic acids is 2. The molecule has 2 saturated heterocycles. The minimum Gasteiger partial charge on any atom is -0.492 e. The Morgan fingerprint density at radius 2 is 1.82 bits per heavy atom. The summed E-state index contributed by atoms with van der Waals surface area (Å²) in [6.07, 6.45) is 8.71. The van der Waals surface area contributed by atoms with Gasteiger partial charge in [0.05, 0.1) is 18.8 Å². The van der Waals surface area contributed by atoms with Crippen LogP contribution in [0, 0.1) is 0 Å². The van der Waals surface area contributed by atoms with Gasteiger partial charge in [0.15, 0.2) is 0 Å². The highest BCUT2D eigenvalue weighted by atomic mass is 16.5. The van der Waals surface area contributed by atoms with Crippen molar-refractivity contribution in [2.75, 3.05) is 13.2 Å². The zero-order valence-corrected chi connectivity index (χ0v) is 21.7. The number of piperidine rings is 2. The molecular formula is C30H35N5O3. The predicted octanol–water partition coefficient (Wildman–Crippen LogP) is 3.49. The molecule has 3 aliphatic heterocycles. The number of benzene rings is 2. The summed E-state index contributed by atoms with van der Waals surface area (Å²) >= 11 is 0. The van der Waals surface area contributed by atoms with Gasteiger partial charge in [-0.3, -0.25) is 29.4 Å². The topological polar surface area (TPSA) is 79.7 Å². The molecule has 0 aliphatic carbocycles. The van der Waals surface area contributed by atoms with Crippen LogP contribution < -0.4 is 10.1 Å². The minimum absolute atomic E-state index is 0.170. The summed E-state index contributed by atoms with van der Waals surface area (Å²) in [5.74, 6) is 0.542. The lowest BCUT2D eigenvalue weighted by atomic mass is 10.0. The zero-order valence-electron chi connectivity index (χ0n) is 21.7. The Morgan fingerprint density at radius 3 is 2.68 bits per heavy atom. The van der Waals surface area contributed by atoms with Gasteiger partial charge in [-0.1, -0.05) is 42.8 Å². The molecule has 2 fully saturated rings. The Bertz CT molecular complexity index is 1290. The summed E-state index contributed by atoms with van der Waals surface area (Å²) in [6, 6.07) is 16.9. The highest BCUT2D eigenvalue weighted by Gasteiger charge is 2.34. The van der Waals surface area contributed by atoms with Crippen LogP contribution in [0.15, 0.2) is 60.9 Å². The van der Waals surface area contributed by atoms with Crippen LogP contribution >= 0.6 is 0 Å². The molecule has 8 nitrogen and oxygen atoms in total. The molecule has 0 radical (unpaired) electrons. The normalized spacial score (nSPS) is 22.3. The first-order valence-corrected chi connectivity index (χ1v) is 13.7. The van der Waals surface area contributed by atoms with Crippen molar-refractivity contribution in [3.8, 4) is 5.75 Å². The number of aromatic nitrogens is 2. The average molecular weight is 514 g/mol. The molecule has 38 heavy (non-hydrogen) atoms. The summed E-state index contributed by atoms with van der Waals surface area (Å²) in [5.41, 5.74) is 4.92. The first kappa shape index (κ1) is 24.8. The second kappa shape index (κ2) is 11.1. The molecule has 2 atom stereocenters. The molecule has 0 bridgehead atoms. The number of nitrogens with zero attached hydrogens (tertiary/aromatic N) is 4. The quantitative estimate of drug-likeness (QED) is 0.465. The molecule has 1 N–H and O–H groups in total. The smallest absolute Gasteiger partial charge is 0.243 e. The van der Waals surface area contributed by atoms with Gasteiger partial charge in [0.1, 0.15) is 12.4 Å². The molecule has 198 valence electrons. The van der Waals surface area contributed by atoms with E-state index in [2.05, 4.69) is 62.8 Å². The number of amides is 2. The molecule has 8 heteroatoms. The van der Waals surface area contributed by atoms with E-state index in [1.54, 1.807) is 0 Å². The van der Waals surface area contributed by atoms with E-state index in [4.69, 9.17) is 4.74 Å². The van der Waals surface area contributed by atoms with Crippen LogP contribution in [0.25, 0.3) is 0 Å². The van der Waals surface area contributed by atoms with Crippen molar-refractivity contribution in [1.29, 1.82) is 0 Å². The molecule has 3 aliphatic rings. The van der Waals surface area contributed by atoms with Gasteiger partial charge in [-0.05, 0) is 54.6 Å². The van der Waals surface area contributed by atoms with E-state index in [1.165, 1.54) is 35.1 Å². The van der Waals surface area contributed by atoms with Crippen molar-refractivity contribution in [2.45, 2.75) is 70.4 Å². The first-order chi connectivity index (χ1) is 18.6. The Hall–Kier alpha value is -3.49. The standard InChI is InChI=1S/C30H35N5O3/c36-29-12-11-28(30(37)32-29)34-19-24-9-10-27(14-25(24)20-34)38-21-26-8-4-5-13-33(26)16-23-15-31-35(18-23)17-22-6-2-1-3-7-22/h1-3,6-7,9-10,14-15,18,26,28H,4-5,8,11-13,16-17,19-21H2,(H,32,36,37)/t26-,28?/m1/s1. The van der Waals surface area contributed by atoms with Crippen LogP contribution in [0.2, 0.25) is 0 Å². The fraction of sp³-hybridized carbons (Fsp3) is 0.433. The van der Waals surface area contributed by atoms with Gasteiger partial charge in [-0.15, -0.1) is 0 Å². The van der Waals surface area contributed by atoms with Crippen LogP contribution in [0.5, 0.6) is 5.75 Å². The van der Waals surface area contributed by atoms with Crippen LogP contribution in [0.1, 0.15) is 54.4 Å². The van der Waals surface area contributed by atoms with Gasteiger partial charge in [-0.25, -0.2) is 0 Å². The second-order valence-corrected chi connectivity index (χ2v) is 10.8. The number of imide groups is 1. The van der Waals surface area contributed by atoms with Gasteiger partial charge >= 0.3 is 0 Å². The van der Waals surface area contributed by atoms with Crippen molar-refractivity contribution in [3.63, 3.8) is 0 Å². The van der Waals surface area contributed by atoms with Gasteiger partial charge in [-0.2, -0.15) is 5.10 Å². The van der Waals surface area contributed by atoms with Crippen LogP contribution in [0.4, 0.5) is 0 Å². The monoisotopic (exact) mass is 513 g/mol. The lowest BCUT2D eigenvalue weighted by molar-refractivity contribution is -0.137. The second-order valence-electron chi connectivity index (χ2n) is 10.8. The number of ether oxygens (including phenoxy) is 1. The molecule has 2 aromatic carbocycles. The van der Waals surface area contributed by atoms with E-state index in [-0.39, 0.29) is 17.9 Å². The number of fused-ring (bicyclic) bond motifs is 1. The molecule has 4 heterocycles. The molecule has 0 saturated carbocycles. The fourth-order valence-electron chi connectivity index (χ4n) is 5.97. The number of hydrogen-bond donors (Lipinski definition) is 1. The highest BCUT2D eigenvalue weighted by molar-refractivity contribution is 6.00. The number of carbonyl (C=O) groups is 2. The predicted molar refractivity (Wildman–Crippen MR) is 143 cm³/mol. The third-order valence-electron chi connectivity index (χ3n) is 8.03. The van der Waals surface area contributed by atoms with Crippen LogP contribution in [-0.4, -0.2) is 56.6 Å². The summed E-state index contributed by atoms with van der Waals surface area (Å²) in [4.78, 5) is 28.5. The van der Waals surface area contributed by atoms with Crippen molar-refractivity contribution in [2.24, 2.45) is 0 Å². The lowest BCUT2D eigenvalue weighted by Crippen LogP contribution is -2.50. The van der Waals surface area contributed by atoms with Gasteiger partial charge < -0.3 is 4.74 Å². The van der Waals surface area contributed by atoms with Crippen molar-refractivity contribution in [3.05, 3.63) is 83.2 Å². The SMILES string of the molecule is O=C1CCC(N2Cc3ccc(OC[C@H]4CCCCN4Cc4cnn(Cc5ccccc5)c4)cc3C2)C(=O)N1. The van der Waals surface area contributed by atoms with E-state index in [0.29, 0.717) is 32.0 Å². The van der Waals surface area contributed by atoms with Crippen molar-refractivity contribution >= 4 is 11.8 Å². The number of likely N-dealkylation sites (tertiary alicyclic amines) is 1. The van der Waals surface area contributed by atoms with Crippen LogP contribution in [-0.2, 0) is 35.8 Å². The molecule has 2 amide bonds. The fourth-order valence-corrected chi connectivity index (χ4v) is 5.97. The van der Waals surface area contributed by atoms with Gasteiger partial charge in [0.25, 0.3) is 0 Å². The molecule has 1 unspecified atom stereocenters. The Morgan fingerprint density at radius 1 is 0.947 bits per heavy atom. The summed E-state index contributed by atoms with van der Waals surface area (Å²) in [5, 5.41) is 7.07. The third kappa shape index (κ3) is 5.66. The lowest BCUT2D eigenvalue weighted by Gasteiger charge is -2.35. The van der Waals surface area contributed by atoms with Crippen molar-refractivity contribution < 1.29 is 14.3 Å². The van der Waals surface area contributed by atoms with Gasteiger partial charge in [0, 0.05) is 43.9 Å². The third-order valence-corrected chi connectivity index (χ3v) is 8.03. The Balaban J connectivity index is 1.04. The van der Waals surface area contributed by atoms with E-state index in [9.17, 15) is 9.59 Å². The molecular weight excluding hydrogens is 478 g/mol. The maximum Gasteiger partial charge on any atom is 0.243 e. The van der Waals surface area contributed by atoms with E-state index < -0.39 is 0 Å². The number of rotatable bonds is 8. The minimum atomic E-state index is -0.239. The molecule has 3 aromatic rings.